The summed E-state index contributed by atoms with van der Waals surface area (Å²) in [6.45, 7) is 9.03. The molecule has 0 saturated carbocycles. The second kappa shape index (κ2) is 9.70. The minimum Gasteiger partial charge on any atom is -0.497 e. The van der Waals surface area contributed by atoms with Crippen molar-refractivity contribution in [1.82, 2.24) is 24.5 Å². The van der Waals surface area contributed by atoms with Crippen molar-refractivity contribution in [2.75, 3.05) is 7.11 Å². The number of fused-ring (bicyclic) bond motifs is 1. The van der Waals surface area contributed by atoms with Crippen molar-refractivity contribution >= 4 is 10.9 Å². The number of aromatic nitrogens is 5. The Balaban J connectivity index is 1.57. The van der Waals surface area contributed by atoms with Crippen LogP contribution in [0, 0.1) is 0 Å². The first-order valence-electron chi connectivity index (χ1n) is 12.3. The fourth-order valence-corrected chi connectivity index (χ4v) is 4.75. The van der Waals surface area contributed by atoms with Gasteiger partial charge < -0.3 is 14.2 Å². The van der Waals surface area contributed by atoms with Gasteiger partial charge in [0.2, 0.25) is 5.88 Å². The lowest BCUT2D eigenvalue weighted by molar-refractivity contribution is -0.0726. The molecule has 0 aliphatic carbocycles. The molecule has 3 aromatic heterocycles. The molecule has 0 spiro atoms. The van der Waals surface area contributed by atoms with Gasteiger partial charge in [-0.05, 0) is 51.5 Å². The summed E-state index contributed by atoms with van der Waals surface area (Å²) in [6.07, 6.45) is 7.75. The van der Waals surface area contributed by atoms with Crippen LogP contribution in [0.5, 0.6) is 11.6 Å². The van der Waals surface area contributed by atoms with E-state index in [4.69, 9.17) is 19.3 Å². The Morgan fingerprint density at radius 3 is 2.49 bits per heavy atom. The lowest BCUT2D eigenvalue weighted by Gasteiger charge is -2.32. The van der Waals surface area contributed by atoms with Gasteiger partial charge in [0.05, 0.1) is 43.0 Å². The van der Waals surface area contributed by atoms with Crippen LogP contribution in [-0.4, -0.2) is 50.0 Å². The minimum absolute atomic E-state index is 0.0445. The zero-order valence-electron chi connectivity index (χ0n) is 21.0. The van der Waals surface area contributed by atoms with Crippen molar-refractivity contribution in [2.45, 2.75) is 71.4 Å². The standard InChI is InChI=1S/C27H33N5O3/c1-17(2)31-16-21(14-29-31)26-25-24(32(30-26)15-20-6-8-22(33-5)9-7-20)10-11-28-27(25)35-23-12-18(3)34-19(4)13-23/h6-11,14,16-19,23H,12-13,15H2,1-5H3/t18-,19+,23?. The molecular weight excluding hydrogens is 442 g/mol. The molecule has 4 heterocycles. The Morgan fingerprint density at radius 1 is 1.09 bits per heavy atom. The summed E-state index contributed by atoms with van der Waals surface area (Å²) in [5, 5.41) is 10.5. The molecule has 0 N–H and O–H groups in total. The van der Waals surface area contributed by atoms with Crippen molar-refractivity contribution in [3.05, 3.63) is 54.5 Å². The predicted molar refractivity (Wildman–Crippen MR) is 135 cm³/mol. The van der Waals surface area contributed by atoms with Crippen molar-refractivity contribution in [2.24, 2.45) is 0 Å². The molecule has 1 aliphatic heterocycles. The highest BCUT2D eigenvalue weighted by atomic mass is 16.5. The van der Waals surface area contributed by atoms with Gasteiger partial charge in [0.25, 0.3) is 0 Å². The van der Waals surface area contributed by atoms with Gasteiger partial charge in [0.1, 0.15) is 17.5 Å². The van der Waals surface area contributed by atoms with Gasteiger partial charge in [-0.3, -0.25) is 9.36 Å². The number of hydrogen-bond donors (Lipinski definition) is 0. The summed E-state index contributed by atoms with van der Waals surface area (Å²) in [6, 6.07) is 10.3. The highest BCUT2D eigenvalue weighted by Gasteiger charge is 2.28. The van der Waals surface area contributed by atoms with E-state index < -0.39 is 0 Å². The van der Waals surface area contributed by atoms with E-state index in [0.29, 0.717) is 12.4 Å². The van der Waals surface area contributed by atoms with Crippen molar-refractivity contribution in [3.63, 3.8) is 0 Å². The van der Waals surface area contributed by atoms with Crippen LogP contribution in [0.3, 0.4) is 0 Å². The molecule has 8 heteroatoms. The number of hydrogen-bond acceptors (Lipinski definition) is 6. The summed E-state index contributed by atoms with van der Waals surface area (Å²) >= 11 is 0. The van der Waals surface area contributed by atoms with Crippen LogP contribution in [0.15, 0.2) is 48.9 Å². The van der Waals surface area contributed by atoms with E-state index in [1.807, 2.05) is 40.0 Å². The molecule has 0 amide bonds. The Bertz CT molecular complexity index is 1280. The summed E-state index contributed by atoms with van der Waals surface area (Å²) in [5.74, 6) is 1.45. The summed E-state index contributed by atoms with van der Waals surface area (Å²) in [5.41, 5.74) is 3.89. The van der Waals surface area contributed by atoms with E-state index >= 15 is 0 Å². The first-order valence-corrected chi connectivity index (χ1v) is 12.3. The fourth-order valence-electron chi connectivity index (χ4n) is 4.75. The Hall–Kier alpha value is -3.39. The molecule has 35 heavy (non-hydrogen) atoms. The van der Waals surface area contributed by atoms with Gasteiger partial charge in [-0.2, -0.15) is 10.2 Å². The molecule has 5 rings (SSSR count). The molecule has 3 atom stereocenters. The van der Waals surface area contributed by atoms with Crippen molar-refractivity contribution < 1.29 is 14.2 Å². The monoisotopic (exact) mass is 475 g/mol. The van der Waals surface area contributed by atoms with Gasteiger partial charge in [-0.25, -0.2) is 4.98 Å². The highest BCUT2D eigenvalue weighted by Crippen LogP contribution is 2.36. The van der Waals surface area contributed by atoms with E-state index in [2.05, 4.69) is 49.9 Å². The van der Waals surface area contributed by atoms with Crippen molar-refractivity contribution in [3.8, 4) is 22.9 Å². The van der Waals surface area contributed by atoms with Crippen LogP contribution in [0.1, 0.15) is 52.1 Å². The lowest BCUT2D eigenvalue weighted by atomic mass is 10.0. The van der Waals surface area contributed by atoms with E-state index in [9.17, 15) is 0 Å². The minimum atomic E-state index is 0.0445. The number of pyridine rings is 1. The van der Waals surface area contributed by atoms with Crippen LogP contribution in [0.2, 0.25) is 0 Å². The molecule has 1 unspecified atom stereocenters. The van der Waals surface area contributed by atoms with Crippen LogP contribution in [0.25, 0.3) is 22.2 Å². The van der Waals surface area contributed by atoms with Gasteiger partial charge in [0.15, 0.2) is 0 Å². The number of rotatable bonds is 7. The molecule has 1 aliphatic rings. The second-order valence-electron chi connectivity index (χ2n) is 9.64. The largest absolute Gasteiger partial charge is 0.497 e. The molecular formula is C27H33N5O3. The molecule has 1 aromatic carbocycles. The number of nitrogens with zero attached hydrogens (tertiary/aromatic N) is 5. The predicted octanol–water partition coefficient (Wildman–Crippen LogP) is 5.27. The molecule has 8 nitrogen and oxygen atoms in total. The van der Waals surface area contributed by atoms with E-state index in [1.165, 1.54) is 0 Å². The molecule has 1 saturated heterocycles. The zero-order valence-corrected chi connectivity index (χ0v) is 21.0. The SMILES string of the molecule is COc1ccc(Cn2nc(-c3cnn(C(C)C)c3)c3c(OC4C[C@@H](C)O[C@@H](C)C4)nccc32)cc1. The van der Waals surface area contributed by atoms with Crippen LogP contribution in [-0.2, 0) is 11.3 Å². The van der Waals surface area contributed by atoms with Gasteiger partial charge in [-0.15, -0.1) is 0 Å². The third-order valence-electron chi connectivity index (χ3n) is 6.46. The average Bonchev–Trinajstić information content (AvgIpc) is 3.45. The van der Waals surface area contributed by atoms with Crippen LogP contribution >= 0.6 is 0 Å². The molecule has 0 radical (unpaired) electrons. The van der Waals surface area contributed by atoms with Crippen LogP contribution in [0.4, 0.5) is 0 Å². The first-order chi connectivity index (χ1) is 16.9. The topological polar surface area (TPSA) is 76.2 Å². The summed E-state index contributed by atoms with van der Waals surface area (Å²) in [7, 11) is 1.67. The van der Waals surface area contributed by atoms with Gasteiger partial charge in [0, 0.05) is 36.8 Å². The Morgan fingerprint density at radius 2 is 1.83 bits per heavy atom. The van der Waals surface area contributed by atoms with Gasteiger partial charge in [-0.1, -0.05) is 12.1 Å². The molecule has 1 fully saturated rings. The number of ether oxygens (including phenoxy) is 3. The number of methoxy groups -OCH3 is 1. The third kappa shape index (κ3) is 4.89. The van der Waals surface area contributed by atoms with E-state index in [-0.39, 0.29) is 24.4 Å². The first kappa shape index (κ1) is 23.4. The lowest BCUT2D eigenvalue weighted by Crippen LogP contribution is -2.35. The average molecular weight is 476 g/mol. The van der Waals surface area contributed by atoms with E-state index in [1.54, 1.807) is 13.3 Å². The maximum atomic E-state index is 6.53. The normalized spacial score (nSPS) is 20.5. The fraction of sp³-hybridized carbons (Fsp3) is 0.444. The quantitative estimate of drug-likeness (QED) is 0.363. The van der Waals surface area contributed by atoms with E-state index in [0.717, 1.165) is 46.3 Å². The second-order valence-corrected chi connectivity index (χ2v) is 9.64. The third-order valence-corrected chi connectivity index (χ3v) is 6.46. The maximum absolute atomic E-state index is 6.53. The van der Waals surface area contributed by atoms with Crippen LogP contribution < -0.4 is 9.47 Å². The molecule has 4 aromatic rings. The van der Waals surface area contributed by atoms with Crippen molar-refractivity contribution in [1.29, 1.82) is 0 Å². The number of benzene rings is 1. The zero-order chi connectivity index (χ0) is 24.5. The summed E-state index contributed by atoms with van der Waals surface area (Å²) < 4.78 is 21.7. The smallest absolute Gasteiger partial charge is 0.225 e. The Labute approximate surface area is 205 Å². The highest BCUT2D eigenvalue weighted by molar-refractivity contribution is 5.96. The molecule has 184 valence electrons. The Kier molecular flexibility index (Phi) is 6.47. The maximum Gasteiger partial charge on any atom is 0.225 e. The van der Waals surface area contributed by atoms with Gasteiger partial charge >= 0.3 is 0 Å². The molecule has 0 bridgehead atoms. The summed E-state index contributed by atoms with van der Waals surface area (Å²) in [4.78, 5) is 4.66.